The Kier molecular flexibility index (Phi) is 10.1. The van der Waals surface area contributed by atoms with E-state index in [1.165, 1.54) is 11.1 Å². The predicted octanol–water partition coefficient (Wildman–Crippen LogP) is -2.09. The molecular formula is C16H25Cl2NOSiZr. The summed E-state index contributed by atoms with van der Waals surface area (Å²) in [5.41, 5.74) is 3.24. The Morgan fingerprint density at radius 2 is 1.64 bits per heavy atom. The van der Waals surface area contributed by atoms with E-state index in [1.807, 2.05) is 0 Å². The smallest absolute Gasteiger partial charge is 1.00 e. The fraction of sp³-hybridized carbons (Fsp3) is 0.500. The number of ether oxygens (including phenoxy) is 1. The van der Waals surface area contributed by atoms with Crippen LogP contribution in [0.15, 0.2) is 30.0 Å². The van der Waals surface area contributed by atoms with Gasteiger partial charge in [0.15, 0.2) is 0 Å². The normalized spacial score (nSPS) is 16.5. The van der Waals surface area contributed by atoms with Crippen molar-refractivity contribution < 1.29 is 55.8 Å². The van der Waals surface area contributed by atoms with Crippen LogP contribution in [0.25, 0.3) is 6.08 Å². The number of allylic oxidation sites excluding steroid dienone is 1. The molecule has 1 N–H and O–H groups in total. The number of hydrogen-bond acceptors (Lipinski definition) is 2. The Labute approximate surface area is 167 Å². The zero-order chi connectivity index (χ0) is 14.3. The van der Waals surface area contributed by atoms with E-state index in [2.05, 4.69) is 69.2 Å². The molecule has 22 heavy (non-hydrogen) atoms. The Morgan fingerprint density at radius 1 is 1.09 bits per heavy atom. The van der Waals surface area contributed by atoms with Crippen molar-refractivity contribution in [3.63, 3.8) is 0 Å². The molecule has 1 aliphatic rings. The molecule has 0 radical (unpaired) electrons. The fourth-order valence-electron chi connectivity index (χ4n) is 3.25. The molecule has 0 aromatic heterocycles. The quantitative estimate of drug-likeness (QED) is 0.548. The van der Waals surface area contributed by atoms with Crippen molar-refractivity contribution in [1.29, 1.82) is 0 Å². The molecule has 2 rings (SSSR count). The van der Waals surface area contributed by atoms with Crippen molar-refractivity contribution in [1.82, 2.24) is 4.98 Å². The molecule has 0 saturated carbocycles. The summed E-state index contributed by atoms with van der Waals surface area (Å²) in [5.74, 6) is 1.11. The summed E-state index contributed by atoms with van der Waals surface area (Å²) >= 11 is 0. The third kappa shape index (κ3) is 5.49. The van der Waals surface area contributed by atoms with Crippen LogP contribution in [-0.2, 0) is 30.9 Å². The summed E-state index contributed by atoms with van der Waals surface area (Å²) in [5, 5.41) is 0. The molecule has 122 valence electrons. The summed E-state index contributed by atoms with van der Waals surface area (Å²) in [6.45, 7) is 11.5. The average molecular weight is 438 g/mol. The molecule has 1 atom stereocenters. The van der Waals surface area contributed by atoms with Crippen molar-refractivity contribution in [2.24, 2.45) is 0 Å². The van der Waals surface area contributed by atoms with Gasteiger partial charge in [-0.3, -0.25) is 0 Å². The van der Waals surface area contributed by atoms with Gasteiger partial charge in [-0.15, -0.1) is 0 Å². The Morgan fingerprint density at radius 3 is 2.14 bits per heavy atom. The molecule has 0 spiro atoms. The van der Waals surface area contributed by atoms with E-state index in [-0.39, 0.29) is 56.6 Å². The summed E-state index contributed by atoms with van der Waals surface area (Å²) in [6.07, 6.45) is 2.19. The van der Waals surface area contributed by atoms with Crippen LogP contribution in [0.3, 0.4) is 0 Å². The Balaban J connectivity index is 0. The molecule has 1 aliphatic carbocycles. The number of nitrogens with one attached hydrogen (secondary N) is 1. The maximum atomic E-state index is 5.66. The number of halogens is 2. The largest absolute Gasteiger partial charge is 2.00 e. The first-order chi connectivity index (χ1) is 8.74. The maximum Gasteiger partial charge on any atom is 2.00 e. The minimum absolute atomic E-state index is 0. The van der Waals surface area contributed by atoms with Crippen LogP contribution in [0.5, 0.6) is 0 Å². The minimum Gasteiger partial charge on any atom is -1.00 e. The van der Waals surface area contributed by atoms with Gasteiger partial charge in [-0.1, -0.05) is 37.4 Å². The van der Waals surface area contributed by atoms with E-state index in [0.717, 1.165) is 5.76 Å². The molecular weight excluding hydrogens is 412 g/mol. The first-order valence-electron chi connectivity index (χ1n) is 6.88. The predicted molar refractivity (Wildman–Crippen MR) is 84.5 cm³/mol. The van der Waals surface area contributed by atoms with Crippen molar-refractivity contribution in [2.75, 3.05) is 7.11 Å². The first-order valence-corrected chi connectivity index (χ1v) is 9.96. The number of rotatable bonds is 3. The van der Waals surface area contributed by atoms with Gasteiger partial charge in [-0.25, -0.2) is 0 Å². The third-order valence-electron chi connectivity index (χ3n) is 3.54. The topological polar surface area (TPSA) is 21.3 Å². The van der Waals surface area contributed by atoms with E-state index in [9.17, 15) is 0 Å². The van der Waals surface area contributed by atoms with Crippen molar-refractivity contribution >= 4 is 14.3 Å². The van der Waals surface area contributed by atoms with Crippen LogP contribution < -0.4 is 29.8 Å². The molecule has 0 bridgehead atoms. The number of methoxy groups -OCH3 is 1. The van der Waals surface area contributed by atoms with Crippen LogP contribution in [-0.4, -0.2) is 20.9 Å². The van der Waals surface area contributed by atoms with Crippen molar-refractivity contribution in [3.05, 3.63) is 41.2 Å². The standard InChI is InChI=1S/C16H25NOSi.2ClH.Zr/c1-16(2,3)17-19(5,6)15-13-10-8-7-9-12(13)11-14(15)18-4;;;/h7-11,15,17H,1-6H3;2*1H;/q;;;+2/p-2. The Hall–Kier alpha value is 0.400. The number of benzene rings is 1. The molecule has 0 saturated heterocycles. The SMILES string of the molecule is COC1=Cc2ccccc2C1[Si](C)(C)NC(C)(C)C.[Cl-].[Cl-].[Zr+2]. The third-order valence-corrected chi connectivity index (χ3v) is 6.98. The van der Waals surface area contributed by atoms with E-state index in [0.29, 0.717) is 5.54 Å². The van der Waals surface area contributed by atoms with Crippen LogP contribution >= 0.6 is 0 Å². The van der Waals surface area contributed by atoms with E-state index in [4.69, 9.17) is 4.74 Å². The van der Waals surface area contributed by atoms with Crippen LogP contribution in [0.4, 0.5) is 0 Å². The molecule has 0 heterocycles. The van der Waals surface area contributed by atoms with Gasteiger partial charge >= 0.3 is 26.2 Å². The van der Waals surface area contributed by atoms with Gasteiger partial charge < -0.3 is 34.5 Å². The zero-order valence-electron chi connectivity index (χ0n) is 14.1. The van der Waals surface area contributed by atoms with E-state index in [1.54, 1.807) is 7.11 Å². The summed E-state index contributed by atoms with van der Waals surface area (Å²) in [4.78, 5) is 3.86. The van der Waals surface area contributed by atoms with Gasteiger partial charge in [-0.2, -0.15) is 0 Å². The molecule has 0 fully saturated rings. The van der Waals surface area contributed by atoms with Crippen LogP contribution in [0.2, 0.25) is 13.1 Å². The molecule has 6 heteroatoms. The van der Waals surface area contributed by atoms with Crippen LogP contribution in [0.1, 0.15) is 37.4 Å². The number of hydrogen-bond donors (Lipinski definition) is 1. The molecule has 1 unspecified atom stereocenters. The van der Waals surface area contributed by atoms with Gasteiger partial charge in [0, 0.05) is 5.54 Å². The monoisotopic (exact) mass is 435 g/mol. The maximum absolute atomic E-state index is 5.66. The van der Waals surface area contributed by atoms with Crippen molar-refractivity contribution in [2.45, 2.75) is 44.9 Å². The van der Waals surface area contributed by atoms with Crippen molar-refractivity contribution in [3.8, 4) is 0 Å². The first kappa shape index (κ1) is 24.6. The average Bonchev–Trinajstić information content (AvgIpc) is 2.64. The molecule has 0 amide bonds. The summed E-state index contributed by atoms with van der Waals surface area (Å²) in [6, 6.07) is 8.63. The second-order valence-electron chi connectivity index (χ2n) is 6.91. The second-order valence-corrected chi connectivity index (χ2v) is 11.2. The fourth-order valence-corrected chi connectivity index (χ4v) is 7.29. The summed E-state index contributed by atoms with van der Waals surface area (Å²) in [7, 11) is 0.0998. The molecule has 1 aromatic carbocycles. The van der Waals surface area contributed by atoms with E-state index >= 15 is 0 Å². The molecule has 0 aliphatic heterocycles. The van der Waals surface area contributed by atoms with Gasteiger partial charge in [0.05, 0.1) is 12.7 Å². The molecule has 1 aromatic rings. The van der Waals surface area contributed by atoms with Gasteiger partial charge in [0.25, 0.3) is 0 Å². The van der Waals surface area contributed by atoms with Crippen LogP contribution in [0, 0.1) is 0 Å². The Bertz CT molecular complexity index is 515. The van der Waals surface area contributed by atoms with Gasteiger partial charge in [0.1, 0.15) is 14.0 Å². The minimum atomic E-state index is -1.68. The summed E-state index contributed by atoms with van der Waals surface area (Å²) < 4.78 is 5.66. The molecule has 2 nitrogen and oxygen atoms in total. The van der Waals surface area contributed by atoms with Gasteiger partial charge in [0.2, 0.25) is 0 Å². The zero-order valence-corrected chi connectivity index (χ0v) is 19.1. The van der Waals surface area contributed by atoms with E-state index < -0.39 is 8.24 Å². The number of fused-ring (bicyclic) bond motifs is 1. The van der Waals surface area contributed by atoms with Gasteiger partial charge in [-0.05, 0) is 38.0 Å². The second kappa shape index (κ2) is 9.03.